The lowest BCUT2D eigenvalue weighted by Crippen LogP contribution is -2.56. The molecule has 226 valence electrons. The Morgan fingerprint density at radius 2 is 1.73 bits per heavy atom. The maximum atomic E-state index is 14.3. The third-order valence-electron chi connectivity index (χ3n) is 9.85. The van der Waals surface area contributed by atoms with Gasteiger partial charge in [-0.3, -0.25) is 9.69 Å². The van der Waals surface area contributed by atoms with E-state index in [-0.39, 0.29) is 27.7 Å². The van der Waals surface area contributed by atoms with Crippen LogP contribution in [0.15, 0.2) is 36.4 Å². The number of benzene rings is 2. The molecule has 2 atom stereocenters. The van der Waals surface area contributed by atoms with Crippen LogP contribution < -0.4 is 9.33 Å². The molecular weight excluding hydrogens is 555 g/mol. The molecule has 4 rings (SSSR count). The van der Waals surface area contributed by atoms with Gasteiger partial charge in [0.05, 0.1) is 5.92 Å². The largest absolute Gasteiger partial charge is 0.543 e. The van der Waals surface area contributed by atoms with Crippen LogP contribution in [0.1, 0.15) is 65.5 Å². The third-order valence-corrected chi connectivity index (χ3v) is 14.6. The fourth-order valence-corrected chi connectivity index (χ4v) is 7.96. The van der Waals surface area contributed by atoms with Crippen LogP contribution in [0.3, 0.4) is 0 Å². The predicted molar refractivity (Wildman–Crippen MR) is 170 cm³/mol. The van der Waals surface area contributed by atoms with E-state index in [0.717, 1.165) is 55.0 Å². The maximum absolute atomic E-state index is 14.3. The number of anilines is 1. The molecule has 0 saturated carbocycles. The van der Waals surface area contributed by atoms with E-state index in [4.69, 9.17) is 16.0 Å². The smallest absolute Gasteiger partial charge is 0.308 e. The van der Waals surface area contributed by atoms with Crippen molar-refractivity contribution >= 4 is 31.6 Å². The number of likely N-dealkylation sites (N-methyl/N-ethyl adjacent to an activating group) is 1. The molecule has 2 aromatic rings. The Bertz CT molecular complexity index is 1280. The van der Waals surface area contributed by atoms with Crippen molar-refractivity contribution in [2.24, 2.45) is 11.3 Å². The van der Waals surface area contributed by atoms with E-state index in [0.29, 0.717) is 11.4 Å². The zero-order chi connectivity index (χ0) is 30.5. The lowest BCUT2D eigenvalue weighted by Gasteiger charge is -2.49. The summed E-state index contributed by atoms with van der Waals surface area (Å²) >= 11 is 6.68. The number of carboxylic acids is 1. The summed E-state index contributed by atoms with van der Waals surface area (Å²) in [5.74, 6) is -0.912. The molecule has 0 amide bonds. The Kier molecular flexibility index (Phi) is 8.69. The zero-order valence-corrected chi connectivity index (χ0v) is 28.0. The predicted octanol–water partition coefficient (Wildman–Crippen LogP) is 8.00. The van der Waals surface area contributed by atoms with Crippen LogP contribution in [-0.2, 0) is 16.6 Å². The first-order valence-electron chi connectivity index (χ1n) is 14.8. The minimum Gasteiger partial charge on any atom is -0.543 e. The lowest BCUT2D eigenvalue weighted by molar-refractivity contribution is -0.147. The molecule has 1 fully saturated rings. The van der Waals surface area contributed by atoms with Gasteiger partial charge >= 0.3 is 5.97 Å². The van der Waals surface area contributed by atoms with Crippen LogP contribution in [0.25, 0.3) is 0 Å². The second kappa shape index (κ2) is 11.2. The number of hydrogen-bond acceptors (Lipinski definition) is 4. The third kappa shape index (κ3) is 6.47. The number of carboxylic acid groups (broad SMARTS) is 1. The molecule has 5 nitrogen and oxygen atoms in total. The quantitative estimate of drug-likeness (QED) is 0.325. The summed E-state index contributed by atoms with van der Waals surface area (Å²) in [4.78, 5) is 17.5. The Morgan fingerprint density at radius 1 is 1.10 bits per heavy atom. The lowest BCUT2D eigenvalue weighted by atomic mass is 9.71. The molecule has 1 N–H and O–H groups in total. The van der Waals surface area contributed by atoms with E-state index < -0.39 is 20.2 Å². The Labute approximate surface area is 252 Å². The molecule has 0 aromatic heterocycles. The number of halogens is 2. The molecule has 2 heterocycles. The van der Waals surface area contributed by atoms with Gasteiger partial charge < -0.3 is 14.4 Å². The van der Waals surface area contributed by atoms with Gasteiger partial charge in [0.25, 0.3) is 0 Å². The number of nitrogens with zero attached hydrogens (tertiary/aromatic N) is 2. The molecule has 0 aliphatic carbocycles. The molecule has 2 aliphatic heterocycles. The number of fused-ring (bicyclic) bond motifs is 2. The van der Waals surface area contributed by atoms with Crippen molar-refractivity contribution in [1.82, 2.24) is 4.90 Å². The van der Waals surface area contributed by atoms with Crippen molar-refractivity contribution < 1.29 is 18.7 Å². The van der Waals surface area contributed by atoms with Crippen LogP contribution in [-0.4, -0.2) is 57.0 Å². The Balaban J connectivity index is 1.59. The summed E-state index contributed by atoms with van der Waals surface area (Å²) in [5.41, 5.74) is 2.60. The highest BCUT2D eigenvalue weighted by atomic mass is 35.5. The summed E-state index contributed by atoms with van der Waals surface area (Å²) in [5, 5.41) is 11.2. The number of likely N-dealkylation sites (tertiary alicyclic amines) is 1. The Morgan fingerprint density at radius 3 is 2.29 bits per heavy atom. The van der Waals surface area contributed by atoms with Crippen molar-refractivity contribution in [2.75, 3.05) is 31.6 Å². The van der Waals surface area contributed by atoms with Gasteiger partial charge in [-0.05, 0) is 103 Å². The average molecular weight is 603 g/mol. The fourth-order valence-electron chi connectivity index (χ4n) is 6.74. The number of carbonyl (C=O) groups is 1. The first-order chi connectivity index (χ1) is 18.8. The van der Waals surface area contributed by atoms with Gasteiger partial charge in [0.15, 0.2) is 0 Å². The number of hydrogen-bond donors (Lipinski definition) is 1. The first-order valence-corrected chi connectivity index (χ1v) is 18.1. The number of rotatable bonds is 7. The van der Waals surface area contributed by atoms with E-state index in [1.807, 2.05) is 24.3 Å². The van der Waals surface area contributed by atoms with Crippen LogP contribution >= 0.6 is 11.6 Å². The zero-order valence-electron chi connectivity index (χ0n) is 26.3. The van der Waals surface area contributed by atoms with E-state index in [1.54, 1.807) is 6.07 Å². The maximum Gasteiger partial charge on any atom is 0.308 e. The van der Waals surface area contributed by atoms with Gasteiger partial charge in [0.2, 0.25) is 8.32 Å². The summed E-state index contributed by atoms with van der Waals surface area (Å²) in [6, 6.07) is 10.6. The molecule has 0 radical (unpaired) electrons. The van der Waals surface area contributed by atoms with E-state index in [1.165, 1.54) is 6.07 Å². The van der Waals surface area contributed by atoms with Crippen molar-refractivity contribution in [2.45, 2.75) is 90.4 Å². The molecule has 8 heteroatoms. The van der Waals surface area contributed by atoms with Crippen molar-refractivity contribution in [1.29, 1.82) is 0 Å². The van der Waals surface area contributed by atoms with Gasteiger partial charge in [0, 0.05) is 35.8 Å². The SMILES string of the molecule is CN1CC2(CCN(C(C(Cc3cc(O[Si](C)(C)C(C)(C)C)ccc3Cl)C(=O)O)C(C)(C)C)CC2)c2cc(F)ccc21. The van der Waals surface area contributed by atoms with Crippen LogP contribution in [0.5, 0.6) is 5.75 Å². The topological polar surface area (TPSA) is 53.0 Å². The highest BCUT2D eigenvalue weighted by Gasteiger charge is 2.48. The van der Waals surface area contributed by atoms with E-state index in [2.05, 4.69) is 71.5 Å². The molecular formula is C33H48ClFN2O3Si. The van der Waals surface area contributed by atoms with Crippen LogP contribution in [0, 0.1) is 17.2 Å². The van der Waals surface area contributed by atoms with Gasteiger partial charge in [-0.25, -0.2) is 4.39 Å². The second-order valence-electron chi connectivity index (χ2n) is 14.9. The van der Waals surface area contributed by atoms with E-state index in [9.17, 15) is 14.3 Å². The molecule has 41 heavy (non-hydrogen) atoms. The summed E-state index contributed by atoms with van der Waals surface area (Å²) in [7, 11) is 0.00179. The van der Waals surface area contributed by atoms with Crippen molar-refractivity contribution in [3.05, 3.63) is 58.4 Å². The molecule has 2 unspecified atom stereocenters. The molecule has 1 saturated heterocycles. The molecule has 0 bridgehead atoms. The second-order valence-corrected chi connectivity index (χ2v) is 20.0. The number of aliphatic carboxylic acids is 1. The van der Waals surface area contributed by atoms with E-state index >= 15 is 0 Å². The van der Waals surface area contributed by atoms with Gasteiger partial charge in [-0.15, -0.1) is 0 Å². The average Bonchev–Trinajstić information content (AvgIpc) is 3.10. The highest BCUT2D eigenvalue weighted by molar-refractivity contribution is 6.74. The van der Waals surface area contributed by atoms with Crippen molar-refractivity contribution in [3.8, 4) is 5.75 Å². The molecule has 1 spiro atoms. The number of piperidine rings is 1. The van der Waals surface area contributed by atoms with Crippen molar-refractivity contribution in [3.63, 3.8) is 0 Å². The minimum absolute atomic E-state index is 0.0414. The van der Waals surface area contributed by atoms with Gasteiger partial charge in [-0.1, -0.05) is 53.1 Å². The van der Waals surface area contributed by atoms with Crippen LogP contribution in [0.4, 0.5) is 10.1 Å². The first kappa shape index (κ1) is 31.8. The summed E-state index contributed by atoms with van der Waals surface area (Å²) in [6.45, 7) is 19.8. The summed E-state index contributed by atoms with van der Waals surface area (Å²) in [6.07, 6.45) is 2.05. The summed E-state index contributed by atoms with van der Waals surface area (Å²) < 4.78 is 20.8. The highest BCUT2D eigenvalue weighted by Crippen LogP contribution is 2.48. The standard InChI is InChI=1S/C33H48ClFN2O3Si/c1-31(2,3)29(37-16-14-33(15-17-37)21-36(7)28-13-10-23(35)20-26(28)33)25(30(38)39)19-22-18-24(11-12-27(22)34)40-41(8,9)32(4,5)6/h10-13,18,20,25,29H,14-17,19,21H2,1-9H3,(H,38,39). The fraction of sp³-hybridized carbons (Fsp3) is 0.606. The molecule has 2 aromatic carbocycles. The van der Waals surface area contributed by atoms with Gasteiger partial charge in [-0.2, -0.15) is 0 Å². The molecule has 2 aliphatic rings. The monoisotopic (exact) mass is 602 g/mol. The Hall–Kier alpha value is -2.09. The normalized spacial score (nSPS) is 19.2. The van der Waals surface area contributed by atoms with Gasteiger partial charge in [0.1, 0.15) is 11.6 Å². The van der Waals surface area contributed by atoms with Crippen LogP contribution in [0.2, 0.25) is 23.2 Å². The minimum atomic E-state index is -2.07.